The standard InChI is InChI=1S/C22H27NO/c1-2-22(13-16-23-14-7-8-15-23)19-10-4-3-9-18(19)17-24-21-12-6-5-11-20(21)22/h3-6,9-12H,2,7-8,13-17H2,1H3. The van der Waals surface area contributed by atoms with Gasteiger partial charge in [-0.3, -0.25) is 0 Å². The second kappa shape index (κ2) is 6.60. The van der Waals surface area contributed by atoms with Gasteiger partial charge in [0.05, 0.1) is 0 Å². The molecular weight excluding hydrogens is 294 g/mol. The summed E-state index contributed by atoms with van der Waals surface area (Å²) >= 11 is 0. The molecule has 0 aliphatic carbocycles. The number of likely N-dealkylation sites (tertiary alicyclic amines) is 1. The Bertz CT molecular complexity index is 655. The van der Waals surface area contributed by atoms with Crippen LogP contribution in [0.5, 0.6) is 5.75 Å². The molecule has 2 heterocycles. The molecule has 1 saturated heterocycles. The molecule has 2 heteroatoms. The molecule has 2 aromatic carbocycles. The number of fused-ring (bicyclic) bond motifs is 2. The average molecular weight is 321 g/mol. The Hall–Kier alpha value is -1.80. The van der Waals surface area contributed by atoms with E-state index in [0.717, 1.165) is 12.2 Å². The number of hydrogen-bond donors (Lipinski definition) is 0. The molecule has 0 aromatic heterocycles. The summed E-state index contributed by atoms with van der Waals surface area (Å²) in [5.74, 6) is 1.07. The van der Waals surface area contributed by atoms with Gasteiger partial charge in [-0.25, -0.2) is 0 Å². The number of para-hydroxylation sites is 1. The highest BCUT2D eigenvalue weighted by atomic mass is 16.5. The van der Waals surface area contributed by atoms with Crippen molar-refractivity contribution in [1.29, 1.82) is 0 Å². The number of ether oxygens (including phenoxy) is 1. The summed E-state index contributed by atoms with van der Waals surface area (Å²) < 4.78 is 6.19. The maximum atomic E-state index is 6.19. The summed E-state index contributed by atoms with van der Waals surface area (Å²) in [4.78, 5) is 2.63. The SMILES string of the molecule is CCC1(CCN2CCCC2)c2ccccc2COc2ccccc21. The molecule has 2 aromatic rings. The van der Waals surface area contributed by atoms with Gasteiger partial charge in [-0.15, -0.1) is 0 Å². The van der Waals surface area contributed by atoms with Crippen molar-refractivity contribution in [2.24, 2.45) is 0 Å². The van der Waals surface area contributed by atoms with Gasteiger partial charge in [-0.2, -0.15) is 0 Å². The number of nitrogens with zero attached hydrogens (tertiary/aromatic N) is 1. The number of benzene rings is 2. The minimum Gasteiger partial charge on any atom is -0.489 e. The molecular formula is C22H27NO. The minimum atomic E-state index is 0.0618. The maximum absolute atomic E-state index is 6.19. The molecule has 2 nitrogen and oxygen atoms in total. The highest BCUT2D eigenvalue weighted by Crippen LogP contribution is 2.46. The van der Waals surface area contributed by atoms with Gasteiger partial charge in [-0.05, 0) is 62.5 Å². The molecule has 2 aliphatic rings. The molecule has 24 heavy (non-hydrogen) atoms. The van der Waals surface area contributed by atoms with Gasteiger partial charge in [-0.1, -0.05) is 49.4 Å². The van der Waals surface area contributed by atoms with Crippen LogP contribution in [0.15, 0.2) is 48.5 Å². The van der Waals surface area contributed by atoms with Crippen LogP contribution in [0.25, 0.3) is 0 Å². The summed E-state index contributed by atoms with van der Waals surface area (Å²) in [5, 5.41) is 0. The highest BCUT2D eigenvalue weighted by molar-refractivity contribution is 5.51. The van der Waals surface area contributed by atoms with E-state index in [1.165, 1.54) is 55.6 Å². The average Bonchev–Trinajstić information content (AvgIpc) is 3.11. The Labute approximate surface area is 145 Å². The minimum absolute atomic E-state index is 0.0618. The molecule has 0 amide bonds. The topological polar surface area (TPSA) is 12.5 Å². The molecule has 0 radical (unpaired) electrons. The van der Waals surface area contributed by atoms with Gasteiger partial charge in [0.2, 0.25) is 0 Å². The van der Waals surface area contributed by atoms with Crippen molar-refractivity contribution in [3.63, 3.8) is 0 Å². The third-order valence-electron chi connectivity index (χ3n) is 5.98. The van der Waals surface area contributed by atoms with Crippen LogP contribution in [0.1, 0.15) is 49.3 Å². The zero-order chi connectivity index (χ0) is 16.4. The first-order valence-corrected chi connectivity index (χ1v) is 9.36. The third-order valence-corrected chi connectivity index (χ3v) is 5.98. The molecule has 0 N–H and O–H groups in total. The van der Waals surface area contributed by atoms with Crippen LogP contribution in [0, 0.1) is 0 Å². The highest BCUT2D eigenvalue weighted by Gasteiger charge is 2.38. The van der Waals surface area contributed by atoms with Crippen molar-refractivity contribution >= 4 is 0 Å². The first-order valence-electron chi connectivity index (χ1n) is 9.36. The molecule has 1 atom stereocenters. The summed E-state index contributed by atoms with van der Waals surface area (Å²) in [7, 11) is 0. The van der Waals surface area contributed by atoms with Gasteiger partial charge < -0.3 is 9.64 Å². The lowest BCUT2D eigenvalue weighted by Crippen LogP contribution is -2.33. The quantitative estimate of drug-likeness (QED) is 0.805. The fraction of sp³-hybridized carbons (Fsp3) is 0.455. The first kappa shape index (κ1) is 15.7. The molecule has 4 rings (SSSR count). The molecule has 2 aliphatic heterocycles. The lowest BCUT2D eigenvalue weighted by Gasteiger charge is -2.36. The summed E-state index contributed by atoms with van der Waals surface area (Å²) in [6.07, 6.45) is 4.99. The fourth-order valence-corrected chi connectivity index (χ4v) is 4.58. The van der Waals surface area contributed by atoms with E-state index in [1.54, 1.807) is 0 Å². The Morgan fingerprint density at radius 3 is 2.46 bits per heavy atom. The van der Waals surface area contributed by atoms with E-state index >= 15 is 0 Å². The van der Waals surface area contributed by atoms with E-state index in [9.17, 15) is 0 Å². The van der Waals surface area contributed by atoms with Crippen molar-refractivity contribution in [2.75, 3.05) is 19.6 Å². The Balaban J connectivity index is 1.79. The number of rotatable bonds is 4. The predicted molar refractivity (Wildman–Crippen MR) is 98.6 cm³/mol. The first-order chi connectivity index (χ1) is 11.8. The third kappa shape index (κ3) is 2.63. The van der Waals surface area contributed by atoms with Crippen LogP contribution in [0.3, 0.4) is 0 Å². The van der Waals surface area contributed by atoms with Crippen LogP contribution >= 0.6 is 0 Å². The fourth-order valence-electron chi connectivity index (χ4n) is 4.58. The van der Waals surface area contributed by atoms with Gasteiger partial charge >= 0.3 is 0 Å². The van der Waals surface area contributed by atoms with Crippen LogP contribution in [-0.4, -0.2) is 24.5 Å². The van der Waals surface area contributed by atoms with E-state index in [2.05, 4.69) is 60.4 Å². The second-order valence-electron chi connectivity index (χ2n) is 7.18. The second-order valence-corrected chi connectivity index (χ2v) is 7.18. The zero-order valence-electron chi connectivity index (χ0n) is 14.6. The van der Waals surface area contributed by atoms with Crippen molar-refractivity contribution in [3.05, 3.63) is 65.2 Å². The van der Waals surface area contributed by atoms with Crippen LogP contribution in [-0.2, 0) is 12.0 Å². The summed E-state index contributed by atoms with van der Waals surface area (Å²) in [6, 6.07) is 17.6. The van der Waals surface area contributed by atoms with Crippen molar-refractivity contribution < 1.29 is 4.74 Å². The van der Waals surface area contributed by atoms with Crippen molar-refractivity contribution in [1.82, 2.24) is 4.90 Å². The van der Waals surface area contributed by atoms with Gasteiger partial charge in [0.1, 0.15) is 12.4 Å². The maximum Gasteiger partial charge on any atom is 0.123 e. The lowest BCUT2D eigenvalue weighted by molar-refractivity contribution is 0.289. The van der Waals surface area contributed by atoms with Crippen LogP contribution in [0.2, 0.25) is 0 Å². The summed E-state index contributed by atoms with van der Waals surface area (Å²) in [5.41, 5.74) is 4.25. The van der Waals surface area contributed by atoms with E-state index < -0.39 is 0 Å². The molecule has 1 unspecified atom stereocenters. The lowest BCUT2D eigenvalue weighted by atomic mass is 9.68. The predicted octanol–water partition coefficient (Wildman–Crippen LogP) is 4.76. The largest absolute Gasteiger partial charge is 0.489 e. The van der Waals surface area contributed by atoms with E-state index in [0.29, 0.717) is 6.61 Å². The Kier molecular flexibility index (Phi) is 4.32. The Morgan fingerprint density at radius 1 is 0.958 bits per heavy atom. The summed E-state index contributed by atoms with van der Waals surface area (Å²) in [6.45, 7) is 6.72. The smallest absolute Gasteiger partial charge is 0.123 e. The van der Waals surface area contributed by atoms with E-state index in [1.807, 2.05) is 0 Å². The van der Waals surface area contributed by atoms with E-state index in [-0.39, 0.29) is 5.41 Å². The molecule has 0 saturated carbocycles. The van der Waals surface area contributed by atoms with Gasteiger partial charge in [0.25, 0.3) is 0 Å². The van der Waals surface area contributed by atoms with Gasteiger partial charge in [0.15, 0.2) is 0 Å². The van der Waals surface area contributed by atoms with Gasteiger partial charge in [0, 0.05) is 11.0 Å². The number of hydrogen-bond acceptors (Lipinski definition) is 2. The molecule has 0 bridgehead atoms. The molecule has 1 fully saturated rings. The molecule has 0 spiro atoms. The van der Waals surface area contributed by atoms with E-state index in [4.69, 9.17) is 4.74 Å². The van der Waals surface area contributed by atoms with Crippen LogP contribution < -0.4 is 4.74 Å². The monoisotopic (exact) mass is 321 g/mol. The van der Waals surface area contributed by atoms with Crippen molar-refractivity contribution in [3.8, 4) is 5.75 Å². The molecule has 126 valence electrons. The van der Waals surface area contributed by atoms with Crippen LogP contribution in [0.4, 0.5) is 0 Å². The normalized spacial score (nSPS) is 23.2. The Morgan fingerprint density at radius 2 is 1.67 bits per heavy atom. The zero-order valence-corrected chi connectivity index (χ0v) is 14.6. The van der Waals surface area contributed by atoms with Crippen molar-refractivity contribution in [2.45, 2.75) is 44.6 Å².